The molecular weight excluding hydrogens is 462 g/mol. The Kier molecular flexibility index (Phi) is 10.4. The number of benzene rings is 1. The van der Waals surface area contributed by atoms with E-state index < -0.39 is 35.5 Å². The highest BCUT2D eigenvalue weighted by atomic mass is 16.6. The summed E-state index contributed by atoms with van der Waals surface area (Å²) >= 11 is 0. The van der Waals surface area contributed by atoms with Crippen LogP contribution in [0.15, 0.2) is 35.9 Å². The van der Waals surface area contributed by atoms with Crippen LogP contribution in [0.4, 0.5) is 4.79 Å². The van der Waals surface area contributed by atoms with E-state index in [9.17, 15) is 15.0 Å². The van der Waals surface area contributed by atoms with Gasteiger partial charge in [-0.25, -0.2) is 4.79 Å². The first-order valence-corrected chi connectivity index (χ1v) is 12.6. The number of nitrogens with zero attached hydrogens (tertiary/aromatic N) is 1. The third-order valence-electron chi connectivity index (χ3n) is 6.46. The number of carbonyl (C=O) groups is 1. The van der Waals surface area contributed by atoms with Crippen molar-refractivity contribution in [2.75, 3.05) is 20.3 Å². The van der Waals surface area contributed by atoms with Gasteiger partial charge in [0.05, 0.1) is 45.2 Å². The van der Waals surface area contributed by atoms with E-state index in [1.807, 2.05) is 78.8 Å². The summed E-state index contributed by atoms with van der Waals surface area (Å²) in [5, 5.41) is 21.9. The second kappa shape index (κ2) is 12.4. The fourth-order valence-corrected chi connectivity index (χ4v) is 4.33. The van der Waals surface area contributed by atoms with Crippen molar-refractivity contribution in [2.45, 2.75) is 91.6 Å². The highest BCUT2D eigenvalue weighted by Gasteiger charge is 2.45. The topological polar surface area (TPSA) is 97.7 Å². The first-order valence-electron chi connectivity index (χ1n) is 12.6. The van der Waals surface area contributed by atoms with Crippen LogP contribution in [0.3, 0.4) is 0 Å². The van der Waals surface area contributed by atoms with E-state index in [0.29, 0.717) is 25.4 Å². The lowest BCUT2D eigenvalue weighted by Gasteiger charge is -2.35. The molecule has 2 rings (SSSR count). The third kappa shape index (κ3) is 8.20. The van der Waals surface area contributed by atoms with Gasteiger partial charge in [-0.2, -0.15) is 0 Å². The minimum atomic E-state index is -0.895. The van der Waals surface area contributed by atoms with Crippen molar-refractivity contribution in [2.24, 2.45) is 11.8 Å². The smallest absolute Gasteiger partial charge is 0.413 e. The summed E-state index contributed by atoms with van der Waals surface area (Å²) in [4.78, 5) is 14.4. The van der Waals surface area contributed by atoms with Crippen molar-refractivity contribution in [3.05, 3.63) is 41.5 Å². The Morgan fingerprint density at radius 1 is 1.22 bits per heavy atom. The number of amides is 1. The van der Waals surface area contributed by atoms with E-state index in [2.05, 4.69) is 0 Å². The van der Waals surface area contributed by atoms with Gasteiger partial charge < -0.3 is 29.2 Å². The van der Waals surface area contributed by atoms with Gasteiger partial charge in [-0.1, -0.05) is 32.1 Å². The molecule has 0 radical (unpaired) electrons. The molecule has 5 atom stereocenters. The highest BCUT2D eigenvalue weighted by molar-refractivity contribution is 5.70. The Morgan fingerprint density at radius 2 is 1.83 bits per heavy atom. The summed E-state index contributed by atoms with van der Waals surface area (Å²) < 4.78 is 22.4. The number of hydrogen-bond acceptors (Lipinski definition) is 7. The van der Waals surface area contributed by atoms with Crippen LogP contribution in [0.2, 0.25) is 0 Å². The van der Waals surface area contributed by atoms with Gasteiger partial charge in [0, 0.05) is 11.8 Å². The lowest BCUT2D eigenvalue weighted by atomic mass is 9.86. The number of carbonyl (C=O) groups excluding carboxylic acids is 1. The predicted molar refractivity (Wildman–Crippen MR) is 139 cm³/mol. The van der Waals surface area contributed by atoms with Gasteiger partial charge in [0.15, 0.2) is 0 Å². The normalized spacial score (nSPS) is 21.6. The maximum absolute atomic E-state index is 12.9. The standard InChI is InChI=1S/C28H45NO7/c1-18(14-22-17-35-28(7,8)29(22)26(32)36-27(4,5)6)24(30)20(3)25(31)19(2)15-34-16-21-10-12-23(33-9)13-11-21/h10-14,19-20,22,24-25,30-31H,15-17H2,1-9H3/b18-14+/t19-,20-,22+,24-,25-/m0/s1. The van der Waals surface area contributed by atoms with Crippen molar-refractivity contribution in [1.29, 1.82) is 0 Å². The summed E-state index contributed by atoms with van der Waals surface area (Å²) in [5.41, 5.74) is 0.201. The molecule has 0 spiro atoms. The van der Waals surface area contributed by atoms with E-state index in [1.54, 1.807) is 18.9 Å². The fraction of sp³-hybridized carbons (Fsp3) is 0.679. The lowest BCUT2D eigenvalue weighted by molar-refractivity contribution is -0.0611. The molecule has 204 valence electrons. The molecule has 1 heterocycles. The SMILES string of the molecule is COc1ccc(COC[C@H](C)[C@H](O)[C@@H](C)[C@@H](O)/C(C)=C/[C@@H]2COC(C)(C)N2C(=O)OC(C)(C)C)cc1. The average molecular weight is 508 g/mol. The molecule has 0 unspecified atom stereocenters. The Balaban J connectivity index is 1.98. The zero-order valence-electron chi connectivity index (χ0n) is 23.3. The Labute approximate surface area is 216 Å². The fourth-order valence-electron chi connectivity index (χ4n) is 4.33. The van der Waals surface area contributed by atoms with Crippen LogP contribution in [-0.4, -0.2) is 71.1 Å². The molecule has 2 N–H and O–H groups in total. The zero-order chi connectivity index (χ0) is 27.3. The molecule has 1 amide bonds. The molecule has 1 aliphatic heterocycles. The highest BCUT2D eigenvalue weighted by Crippen LogP contribution is 2.31. The zero-order valence-corrected chi connectivity index (χ0v) is 23.3. The van der Waals surface area contributed by atoms with Gasteiger partial charge in [-0.15, -0.1) is 0 Å². The predicted octanol–water partition coefficient (Wildman–Crippen LogP) is 4.52. The molecule has 8 nitrogen and oxygen atoms in total. The molecule has 1 aromatic carbocycles. The monoisotopic (exact) mass is 507 g/mol. The largest absolute Gasteiger partial charge is 0.497 e. The second-order valence-electron chi connectivity index (χ2n) is 11.2. The number of hydrogen-bond donors (Lipinski definition) is 2. The Morgan fingerprint density at radius 3 is 2.39 bits per heavy atom. The first-order chi connectivity index (χ1) is 16.7. The molecule has 1 aromatic rings. The van der Waals surface area contributed by atoms with Crippen LogP contribution in [-0.2, 0) is 20.8 Å². The van der Waals surface area contributed by atoms with Crippen LogP contribution < -0.4 is 4.74 Å². The summed E-state index contributed by atoms with van der Waals surface area (Å²) in [6.07, 6.45) is -0.313. The maximum Gasteiger partial charge on any atom is 0.413 e. The molecule has 1 fully saturated rings. The Bertz CT molecular complexity index is 875. The van der Waals surface area contributed by atoms with Crippen LogP contribution in [0.25, 0.3) is 0 Å². The molecule has 36 heavy (non-hydrogen) atoms. The van der Waals surface area contributed by atoms with Crippen molar-refractivity contribution < 1.29 is 34.0 Å². The Hall–Kier alpha value is -2.13. The summed E-state index contributed by atoms with van der Waals surface area (Å²) in [6, 6.07) is 7.25. The van der Waals surface area contributed by atoms with E-state index in [4.69, 9.17) is 18.9 Å². The average Bonchev–Trinajstić information content (AvgIpc) is 3.10. The number of aliphatic hydroxyl groups excluding tert-OH is 2. The quantitative estimate of drug-likeness (QED) is 0.449. The summed E-state index contributed by atoms with van der Waals surface area (Å²) in [7, 11) is 1.63. The second-order valence-corrected chi connectivity index (χ2v) is 11.2. The number of aliphatic hydroxyl groups is 2. The molecule has 0 saturated carbocycles. The van der Waals surface area contributed by atoms with Crippen LogP contribution in [0.1, 0.15) is 61.0 Å². The van der Waals surface area contributed by atoms with E-state index in [0.717, 1.165) is 11.3 Å². The van der Waals surface area contributed by atoms with Gasteiger partial charge >= 0.3 is 6.09 Å². The van der Waals surface area contributed by atoms with Gasteiger partial charge in [-0.05, 0) is 64.8 Å². The van der Waals surface area contributed by atoms with E-state index >= 15 is 0 Å². The summed E-state index contributed by atoms with van der Waals surface area (Å²) in [6.45, 7) is 15.7. The van der Waals surface area contributed by atoms with Crippen LogP contribution in [0, 0.1) is 11.8 Å². The first kappa shape index (κ1) is 30.1. The van der Waals surface area contributed by atoms with Crippen molar-refractivity contribution >= 4 is 6.09 Å². The van der Waals surface area contributed by atoms with Crippen LogP contribution >= 0.6 is 0 Å². The molecule has 0 bridgehead atoms. The van der Waals surface area contributed by atoms with Gasteiger partial charge in [0.1, 0.15) is 17.1 Å². The molecule has 8 heteroatoms. The number of rotatable bonds is 10. The van der Waals surface area contributed by atoms with Crippen molar-refractivity contribution in [3.8, 4) is 5.75 Å². The van der Waals surface area contributed by atoms with Crippen molar-refractivity contribution in [3.63, 3.8) is 0 Å². The van der Waals surface area contributed by atoms with Gasteiger partial charge in [0.2, 0.25) is 0 Å². The minimum absolute atomic E-state index is 0.187. The van der Waals surface area contributed by atoms with Gasteiger partial charge in [0.25, 0.3) is 0 Å². The minimum Gasteiger partial charge on any atom is -0.497 e. The third-order valence-corrected chi connectivity index (χ3v) is 6.46. The molecule has 1 aliphatic rings. The number of ether oxygens (including phenoxy) is 4. The maximum atomic E-state index is 12.9. The molecule has 0 aliphatic carbocycles. The van der Waals surface area contributed by atoms with E-state index in [-0.39, 0.29) is 12.0 Å². The molecule has 1 saturated heterocycles. The van der Waals surface area contributed by atoms with Gasteiger partial charge in [-0.3, -0.25) is 4.90 Å². The molecular formula is C28H45NO7. The van der Waals surface area contributed by atoms with E-state index in [1.165, 1.54) is 0 Å². The molecule has 0 aromatic heterocycles. The van der Waals surface area contributed by atoms with Crippen molar-refractivity contribution in [1.82, 2.24) is 4.90 Å². The van der Waals surface area contributed by atoms with Crippen LogP contribution in [0.5, 0.6) is 5.75 Å². The lowest BCUT2D eigenvalue weighted by Crippen LogP contribution is -2.49. The number of methoxy groups -OCH3 is 1. The summed E-state index contributed by atoms with van der Waals surface area (Å²) in [5.74, 6) is 0.162.